The minimum atomic E-state index is -0.998. The fourth-order valence-corrected chi connectivity index (χ4v) is 1.45. The lowest BCUT2D eigenvalue weighted by atomic mass is 10.1. The number of hydrogen-bond donors (Lipinski definition) is 0. The van der Waals surface area contributed by atoms with Gasteiger partial charge in [-0.3, -0.25) is 0 Å². The Hall–Kier alpha value is -1.97. The molecular weight excluding hydrogens is 244 g/mol. The van der Waals surface area contributed by atoms with Crippen molar-refractivity contribution in [1.82, 2.24) is 0 Å². The molecule has 0 saturated carbocycles. The Balaban J connectivity index is 2.78. The number of hydrogen-bond acceptors (Lipinski definition) is 4. The summed E-state index contributed by atoms with van der Waals surface area (Å²) in [6, 6.07) is 7.61. The van der Waals surface area contributed by atoms with Crippen LogP contribution in [0, 0.1) is 0 Å². The van der Waals surface area contributed by atoms with Crippen LogP contribution in [0.3, 0.4) is 0 Å². The van der Waals surface area contributed by atoms with Gasteiger partial charge in [0, 0.05) is 0 Å². The Morgan fingerprint density at radius 2 is 1.74 bits per heavy atom. The smallest absolute Gasteiger partial charge is 0.349 e. The van der Waals surface area contributed by atoms with Crippen LogP contribution in [0.25, 0.3) is 5.57 Å². The summed E-state index contributed by atoms with van der Waals surface area (Å²) in [5, 5.41) is 0. The molecule has 1 rings (SSSR count). The van der Waals surface area contributed by atoms with E-state index in [4.69, 9.17) is 9.47 Å². The van der Waals surface area contributed by atoms with Gasteiger partial charge in [0.15, 0.2) is 5.60 Å². The zero-order chi connectivity index (χ0) is 14.5. The lowest BCUT2D eigenvalue weighted by Gasteiger charge is -2.21. The van der Waals surface area contributed by atoms with Gasteiger partial charge < -0.3 is 14.2 Å². The molecule has 0 aliphatic carbocycles. The molecule has 4 heteroatoms. The summed E-state index contributed by atoms with van der Waals surface area (Å²) in [6.07, 6.45) is 1.57. The molecule has 0 amide bonds. The summed E-state index contributed by atoms with van der Waals surface area (Å²) in [5.74, 6) is 0.388. The molecule has 0 saturated heterocycles. The summed E-state index contributed by atoms with van der Waals surface area (Å²) in [5.41, 5.74) is 0.920. The van der Waals surface area contributed by atoms with Gasteiger partial charge in [-0.1, -0.05) is 12.1 Å². The minimum Gasteiger partial charge on any atom is -0.497 e. The lowest BCUT2D eigenvalue weighted by Crippen LogP contribution is -2.34. The fraction of sp³-hybridized carbons (Fsp3) is 0.400. The molecule has 1 aromatic carbocycles. The van der Waals surface area contributed by atoms with Crippen LogP contribution in [-0.4, -0.2) is 25.8 Å². The third-order valence-corrected chi connectivity index (χ3v) is 2.75. The van der Waals surface area contributed by atoms with Gasteiger partial charge in [0.2, 0.25) is 0 Å². The molecule has 0 radical (unpaired) electrons. The van der Waals surface area contributed by atoms with Gasteiger partial charge >= 0.3 is 5.97 Å². The molecule has 0 unspecified atom stereocenters. The number of carbonyl (C=O) groups is 1. The number of rotatable bonds is 5. The number of esters is 1. The average Bonchev–Trinajstić information content (AvgIpc) is 2.43. The average molecular weight is 264 g/mol. The largest absolute Gasteiger partial charge is 0.497 e. The molecule has 0 spiro atoms. The Morgan fingerprint density at radius 3 is 2.21 bits per heavy atom. The van der Waals surface area contributed by atoms with Crippen molar-refractivity contribution in [2.24, 2.45) is 0 Å². The van der Waals surface area contributed by atoms with Gasteiger partial charge in [-0.2, -0.15) is 0 Å². The Bertz CT molecular complexity index is 458. The Morgan fingerprint density at radius 1 is 1.16 bits per heavy atom. The summed E-state index contributed by atoms with van der Waals surface area (Å²) in [7, 11) is 2.97. The number of allylic oxidation sites excluding steroid dienone is 1. The van der Waals surface area contributed by atoms with Gasteiger partial charge in [0.25, 0.3) is 0 Å². The summed E-state index contributed by atoms with van der Waals surface area (Å²) in [6.45, 7) is 5.24. The molecule has 0 heterocycles. The van der Waals surface area contributed by atoms with Gasteiger partial charge in [0.05, 0.1) is 20.5 Å². The van der Waals surface area contributed by atoms with Crippen LogP contribution < -0.4 is 4.74 Å². The van der Waals surface area contributed by atoms with Crippen molar-refractivity contribution in [2.45, 2.75) is 26.4 Å². The van der Waals surface area contributed by atoms with Crippen LogP contribution in [0.15, 0.2) is 30.5 Å². The van der Waals surface area contributed by atoms with Gasteiger partial charge in [-0.05, 0) is 44.0 Å². The highest BCUT2D eigenvalue weighted by atomic mass is 16.6. The SMILES string of the molecule is COC(=O)C(C)(C)OC=C(C)c1ccc(OC)cc1. The van der Waals surface area contributed by atoms with Crippen LogP contribution in [0.2, 0.25) is 0 Å². The maximum atomic E-state index is 11.5. The van der Waals surface area contributed by atoms with E-state index in [9.17, 15) is 4.79 Å². The van der Waals surface area contributed by atoms with Crippen LogP contribution >= 0.6 is 0 Å². The van der Waals surface area contributed by atoms with Crippen LogP contribution in [0.5, 0.6) is 5.75 Å². The van der Waals surface area contributed by atoms with E-state index in [1.165, 1.54) is 7.11 Å². The van der Waals surface area contributed by atoms with Crippen molar-refractivity contribution in [3.63, 3.8) is 0 Å². The first kappa shape index (κ1) is 15.1. The van der Waals surface area contributed by atoms with Gasteiger partial charge in [-0.15, -0.1) is 0 Å². The third-order valence-electron chi connectivity index (χ3n) is 2.75. The maximum absolute atomic E-state index is 11.5. The van der Waals surface area contributed by atoms with E-state index in [-0.39, 0.29) is 0 Å². The third kappa shape index (κ3) is 4.02. The van der Waals surface area contributed by atoms with E-state index in [1.54, 1.807) is 27.2 Å². The first-order valence-electron chi connectivity index (χ1n) is 5.98. The highest BCUT2D eigenvalue weighted by Crippen LogP contribution is 2.20. The normalized spacial score (nSPS) is 11.9. The van der Waals surface area contributed by atoms with Crippen LogP contribution in [0.1, 0.15) is 26.3 Å². The lowest BCUT2D eigenvalue weighted by molar-refractivity contribution is -0.159. The second-order valence-electron chi connectivity index (χ2n) is 4.65. The molecule has 0 aliphatic heterocycles. The number of ether oxygens (including phenoxy) is 3. The van der Waals surface area contributed by atoms with Crippen molar-refractivity contribution in [3.05, 3.63) is 36.1 Å². The molecule has 0 bridgehead atoms. The number of carbonyl (C=O) groups excluding carboxylic acids is 1. The van der Waals surface area contributed by atoms with Crippen molar-refractivity contribution < 1.29 is 19.0 Å². The van der Waals surface area contributed by atoms with Crippen LogP contribution in [0.4, 0.5) is 0 Å². The first-order valence-corrected chi connectivity index (χ1v) is 5.98. The van der Waals surface area contributed by atoms with E-state index < -0.39 is 11.6 Å². The highest BCUT2D eigenvalue weighted by Gasteiger charge is 2.29. The zero-order valence-corrected chi connectivity index (χ0v) is 12.0. The zero-order valence-electron chi connectivity index (χ0n) is 12.0. The van der Waals surface area contributed by atoms with E-state index >= 15 is 0 Å². The topological polar surface area (TPSA) is 44.8 Å². The van der Waals surface area contributed by atoms with Crippen molar-refractivity contribution in [2.75, 3.05) is 14.2 Å². The molecule has 0 N–H and O–H groups in total. The highest BCUT2D eigenvalue weighted by molar-refractivity contribution is 5.78. The molecule has 4 nitrogen and oxygen atoms in total. The molecule has 19 heavy (non-hydrogen) atoms. The molecule has 104 valence electrons. The molecule has 0 fully saturated rings. The van der Waals surface area contributed by atoms with E-state index in [2.05, 4.69) is 4.74 Å². The predicted molar refractivity (Wildman–Crippen MR) is 73.8 cm³/mol. The second kappa shape index (κ2) is 6.27. The van der Waals surface area contributed by atoms with Crippen molar-refractivity contribution in [3.8, 4) is 5.75 Å². The molecule has 1 aromatic rings. The summed E-state index contributed by atoms with van der Waals surface area (Å²) < 4.78 is 15.3. The molecule has 0 atom stereocenters. The van der Waals surface area contributed by atoms with Crippen molar-refractivity contribution in [1.29, 1.82) is 0 Å². The van der Waals surface area contributed by atoms with Gasteiger partial charge in [0.1, 0.15) is 5.75 Å². The number of benzene rings is 1. The monoisotopic (exact) mass is 264 g/mol. The number of methoxy groups -OCH3 is 2. The fourth-order valence-electron chi connectivity index (χ4n) is 1.45. The Kier molecular flexibility index (Phi) is 4.98. The van der Waals surface area contributed by atoms with Crippen molar-refractivity contribution >= 4 is 11.5 Å². The summed E-state index contributed by atoms with van der Waals surface area (Å²) in [4.78, 5) is 11.5. The quantitative estimate of drug-likeness (QED) is 0.605. The second-order valence-corrected chi connectivity index (χ2v) is 4.65. The van der Waals surface area contributed by atoms with E-state index in [0.29, 0.717) is 0 Å². The van der Waals surface area contributed by atoms with Crippen LogP contribution in [-0.2, 0) is 14.3 Å². The Labute approximate surface area is 114 Å². The molecule has 0 aliphatic rings. The minimum absolute atomic E-state index is 0.411. The first-order chi connectivity index (χ1) is 8.90. The van der Waals surface area contributed by atoms with E-state index in [1.807, 2.05) is 31.2 Å². The predicted octanol–water partition coefficient (Wildman–Crippen LogP) is 3.02. The molecular formula is C15H20O4. The van der Waals surface area contributed by atoms with E-state index in [0.717, 1.165) is 16.9 Å². The molecule has 0 aromatic heterocycles. The van der Waals surface area contributed by atoms with Gasteiger partial charge in [-0.25, -0.2) is 4.79 Å². The standard InChI is InChI=1S/C15H20O4/c1-11(10-19-15(2,3)14(16)18-5)12-6-8-13(17-4)9-7-12/h6-10H,1-5H3. The maximum Gasteiger partial charge on any atom is 0.349 e. The summed E-state index contributed by atoms with van der Waals surface area (Å²) >= 11 is 0.